The number of hydrogen-bond donors (Lipinski definition) is 1. The molecule has 0 aliphatic carbocycles. The lowest BCUT2D eigenvalue weighted by atomic mass is 10.2. The number of fused-ring (bicyclic) bond motifs is 1. The highest BCUT2D eigenvalue weighted by Crippen LogP contribution is 2.26. The van der Waals surface area contributed by atoms with Crippen LogP contribution in [0, 0.1) is 6.92 Å². The second kappa shape index (κ2) is 8.73. The largest absolute Gasteiger partial charge is 0.324 e. The summed E-state index contributed by atoms with van der Waals surface area (Å²) in [5, 5.41) is 1.06. The average molecular weight is 454 g/mol. The minimum atomic E-state index is -3.96. The number of aromatic nitrogens is 2. The summed E-state index contributed by atoms with van der Waals surface area (Å²) in [4.78, 5) is 16.4. The highest BCUT2D eigenvalue weighted by atomic mass is 35.5. The Morgan fingerprint density at radius 1 is 1.17 bits per heavy atom. The number of aryl methyl sites for hydroxylation is 1. The van der Waals surface area contributed by atoms with Crippen LogP contribution in [0.3, 0.4) is 0 Å². The number of halogens is 2. The van der Waals surface area contributed by atoms with Crippen molar-refractivity contribution in [2.45, 2.75) is 44.6 Å². The summed E-state index contributed by atoms with van der Waals surface area (Å²) in [5.74, 6) is 0.206. The fourth-order valence-corrected chi connectivity index (χ4v) is 4.51. The number of imidazole rings is 1. The van der Waals surface area contributed by atoms with E-state index in [1.54, 1.807) is 18.2 Å². The Morgan fingerprint density at radius 2 is 1.93 bits per heavy atom. The standard InChI is InChI=1S/C20H21Cl2N3O3S/c1-3-4-5-20(26)24-29(27,28)16-8-9-18-19(11-16)25(13(2)23-18)12-14-6-7-15(21)10-17(14)22/h6-11H,3-5,12H2,1-2H3,(H,24,26). The van der Waals surface area contributed by atoms with E-state index < -0.39 is 15.9 Å². The van der Waals surface area contributed by atoms with Crippen molar-refractivity contribution >= 4 is 50.2 Å². The maximum atomic E-state index is 12.6. The van der Waals surface area contributed by atoms with Crippen molar-refractivity contribution < 1.29 is 13.2 Å². The minimum absolute atomic E-state index is 0.0122. The van der Waals surface area contributed by atoms with Crippen molar-refractivity contribution in [3.05, 3.63) is 57.8 Å². The highest BCUT2D eigenvalue weighted by molar-refractivity contribution is 7.90. The van der Waals surface area contributed by atoms with E-state index >= 15 is 0 Å². The molecule has 0 saturated carbocycles. The Morgan fingerprint density at radius 3 is 2.62 bits per heavy atom. The fraction of sp³-hybridized carbons (Fsp3) is 0.300. The predicted molar refractivity (Wildman–Crippen MR) is 115 cm³/mol. The van der Waals surface area contributed by atoms with Gasteiger partial charge in [-0.15, -0.1) is 0 Å². The van der Waals surface area contributed by atoms with E-state index in [4.69, 9.17) is 23.2 Å². The van der Waals surface area contributed by atoms with Crippen LogP contribution in [0.15, 0.2) is 41.3 Å². The molecule has 154 valence electrons. The Kier molecular flexibility index (Phi) is 6.51. The van der Waals surface area contributed by atoms with E-state index in [0.717, 1.165) is 12.0 Å². The summed E-state index contributed by atoms with van der Waals surface area (Å²) in [6.45, 7) is 4.18. The zero-order valence-corrected chi connectivity index (χ0v) is 18.4. The maximum absolute atomic E-state index is 12.6. The number of rotatable bonds is 7. The number of carbonyl (C=O) groups is 1. The van der Waals surface area contributed by atoms with E-state index in [1.165, 1.54) is 12.1 Å². The van der Waals surface area contributed by atoms with Gasteiger partial charge in [0.25, 0.3) is 10.0 Å². The Balaban J connectivity index is 1.97. The van der Waals surface area contributed by atoms with Crippen LogP contribution in [0.2, 0.25) is 10.0 Å². The number of sulfonamides is 1. The summed E-state index contributed by atoms with van der Waals surface area (Å²) in [7, 11) is -3.96. The molecule has 0 fully saturated rings. The highest BCUT2D eigenvalue weighted by Gasteiger charge is 2.19. The number of nitrogens with zero attached hydrogens (tertiary/aromatic N) is 2. The van der Waals surface area contributed by atoms with Gasteiger partial charge in [0.05, 0.1) is 22.5 Å². The third-order valence-electron chi connectivity index (χ3n) is 4.57. The number of hydrogen-bond acceptors (Lipinski definition) is 4. The van der Waals surface area contributed by atoms with Gasteiger partial charge in [-0.05, 0) is 49.2 Å². The first-order chi connectivity index (χ1) is 13.7. The summed E-state index contributed by atoms with van der Waals surface area (Å²) < 4.78 is 29.2. The van der Waals surface area contributed by atoms with Gasteiger partial charge >= 0.3 is 0 Å². The molecule has 0 bridgehead atoms. The molecule has 0 atom stereocenters. The van der Waals surface area contributed by atoms with Crippen LogP contribution in [0.4, 0.5) is 0 Å². The normalized spacial score (nSPS) is 11.7. The van der Waals surface area contributed by atoms with Crippen LogP contribution in [0.5, 0.6) is 0 Å². The minimum Gasteiger partial charge on any atom is -0.324 e. The van der Waals surface area contributed by atoms with Gasteiger partial charge in [-0.3, -0.25) is 4.79 Å². The zero-order chi connectivity index (χ0) is 21.2. The number of nitrogens with one attached hydrogen (secondary N) is 1. The summed E-state index contributed by atoms with van der Waals surface area (Å²) in [6, 6.07) is 9.84. The second-order valence-corrected chi connectivity index (χ2v) is 9.29. The first-order valence-electron chi connectivity index (χ1n) is 9.17. The van der Waals surface area contributed by atoms with Crippen molar-refractivity contribution in [3.63, 3.8) is 0 Å². The van der Waals surface area contributed by atoms with Crippen molar-refractivity contribution in [1.82, 2.24) is 14.3 Å². The van der Waals surface area contributed by atoms with E-state index in [0.29, 0.717) is 39.9 Å². The van der Waals surface area contributed by atoms with Gasteiger partial charge in [-0.1, -0.05) is 42.6 Å². The number of benzene rings is 2. The molecular formula is C20H21Cl2N3O3S. The van der Waals surface area contributed by atoms with Crippen molar-refractivity contribution in [1.29, 1.82) is 0 Å². The number of carbonyl (C=O) groups excluding carboxylic acids is 1. The molecule has 0 unspecified atom stereocenters. The molecule has 1 N–H and O–H groups in total. The average Bonchev–Trinajstić information content (AvgIpc) is 2.96. The maximum Gasteiger partial charge on any atom is 0.264 e. The molecule has 6 nitrogen and oxygen atoms in total. The van der Waals surface area contributed by atoms with Crippen molar-refractivity contribution in [2.24, 2.45) is 0 Å². The van der Waals surface area contributed by atoms with Crippen molar-refractivity contribution in [2.75, 3.05) is 0 Å². The number of amides is 1. The van der Waals surface area contributed by atoms with Crippen LogP contribution < -0.4 is 4.72 Å². The number of unbranched alkanes of at least 4 members (excludes halogenated alkanes) is 1. The monoisotopic (exact) mass is 453 g/mol. The second-order valence-electron chi connectivity index (χ2n) is 6.76. The predicted octanol–water partition coefficient (Wildman–Crippen LogP) is 4.69. The molecule has 0 spiro atoms. The van der Waals surface area contributed by atoms with Gasteiger partial charge < -0.3 is 4.57 Å². The smallest absolute Gasteiger partial charge is 0.264 e. The van der Waals surface area contributed by atoms with Gasteiger partial charge in [0.15, 0.2) is 0 Å². The van der Waals surface area contributed by atoms with Crippen LogP contribution in [-0.4, -0.2) is 23.9 Å². The molecule has 1 aromatic heterocycles. The first-order valence-corrected chi connectivity index (χ1v) is 11.4. The Labute approximate surface area is 179 Å². The van der Waals surface area contributed by atoms with Gasteiger partial charge in [0, 0.05) is 16.5 Å². The summed E-state index contributed by atoms with van der Waals surface area (Å²) in [5.41, 5.74) is 2.13. The third-order valence-corrected chi connectivity index (χ3v) is 6.53. The molecule has 0 saturated heterocycles. The van der Waals surface area contributed by atoms with Gasteiger partial charge in [-0.25, -0.2) is 18.1 Å². The topological polar surface area (TPSA) is 81.1 Å². The van der Waals surface area contributed by atoms with E-state index in [1.807, 2.05) is 24.5 Å². The van der Waals surface area contributed by atoms with E-state index in [2.05, 4.69) is 9.71 Å². The van der Waals surface area contributed by atoms with Crippen LogP contribution in [0.25, 0.3) is 11.0 Å². The van der Waals surface area contributed by atoms with Crippen LogP contribution in [-0.2, 0) is 21.4 Å². The Hall–Kier alpha value is -2.09. The molecule has 3 aromatic rings. The molecule has 9 heteroatoms. The van der Waals surface area contributed by atoms with Crippen molar-refractivity contribution in [3.8, 4) is 0 Å². The molecule has 0 aliphatic heterocycles. The van der Waals surface area contributed by atoms with E-state index in [-0.39, 0.29) is 11.3 Å². The van der Waals surface area contributed by atoms with Gasteiger partial charge in [0.2, 0.25) is 5.91 Å². The fourth-order valence-electron chi connectivity index (χ4n) is 3.01. The molecule has 3 rings (SSSR count). The van der Waals surface area contributed by atoms with Gasteiger partial charge in [0.1, 0.15) is 5.82 Å². The third kappa shape index (κ3) is 4.91. The molecule has 1 amide bonds. The zero-order valence-electron chi connectivity index (χ0n) is 16.1. The molecule has 0 radical (unpaired) electrons. The molecule has 1 heterocycles. The van der Waals surface area contributed by atoms with Crippen LogP contribution >= 0.6 is 23.2 Å². The molecular weight excluding hydrogens is 433 g/mol. The molecule has 0 aliphatic rings. The Bertz CT molecular complexity index is 1170. The molecule has 29 heavy (non-hydrogen) atoms. The lowest BCUT2D eigenvalue weighted by molar-refractivity contribution is -0.119. The summed E-state index contributed by atoms with van der Waals surface area (Å²) >= 11 is 12.3. The quantitative estimate of drug-likeness (QED) is 0.562. The summed E-state index contributed by atoms with van der Waals surface area (Å²) in [6.07, 6.45) is 1.61. The van der Waals surface area contributed by atoms with Crippen LogP contribution in [0.1, 0.15) is 37.6 Å². The van der Waals surface area contributed by atoms with Gasteiger partial charge in [-0.2, -0.15) is 0 Å². The lowest BCUT2D eigenvalue weighted by Gasteiger charge is -2.11. The first kappa shape index (κ1) is 21.6. The SMILES string of the molecule is CCCCC(=O)NS(=O)(=O)c1ccc2nc(C)n(Cc3ccc(Cl)cc3Cl)c2c1. The lowest BCUT2D eigenvalue weighted by Crippen LogP contribution is -2.30. The molecule has 2 aromatic carbocycles. The van der Waals surface area contributed by atoms with E-state index in [9.17, 15) is 13.2 Å².